The Hall–Kier alpha value is -1.37. The van der Waals surface area contributed by atoms with E-state index < -0.39 is 5.69 Å². The molecule has 2 heterocycles. The lowest BCUT2D eigenvalue weighted by Gasteiger charge is -2.04. The van der Waals surface area contributed by atoms with Crippen molar-refractivity contribution in [3.05, 3.63) is 27.2 Å². The third-order valence-corrected chi connectivity index (χ3v) is 2.75. The highest BCUT2D eigenvalue weighted by Gasteiger charge is 2.12. The Kier molecular flexibility index (Phi) is 2.47. The van der Waals surface area contributed by atoms with Crippen molar-refractivity contribution in [2.24, 2.45) is 0 Å². The number of hydrogen-bond acceptors (Lipinski definition) is 3. The summed E-state index contributed by atoms with van der Waals surface area (Å²) in [5.41, 5.74) is -0.0798. The second kappa shape index (κ2) is 3.65. The molecule has 0 aliphatic carbocycles. The van der Waals surface area contributed by atoms with Crippen molar-refractivity contribution in [2.45, 2.75) is 19.9 Å². The van der Waals surface area contributed by atoms with Crippen molar-refractivity contribution in [1.29, 1.82) is 0 Å². The second-order valence-electron chi connectivity index (χ2n) is 3.12. The zero-order valence-corrected chi connectivity index (χ0v) is 9.61. The molecule has 0 saturated carbocycles. The van der Waals surface area contributed by atoms with E-state index in [2.05, 4.69) is 26.1 Å². The summed E-state index contributed by atoms with van der Waals surface area (Å²) in [5, 5.41) is 0. The molecule has 2 aromatic rings. The lowest BCUT2D eigenvalue weighted by molar-refractivity contribution is 0.618. The standard InChI is InChI=1S/C8H9BrN4O2/c1-2-3-12-7(14)5-6(11-4-10-5)13(9)8(12)15/h4H,2-3H2,1H3,(H,10,11). The maximum absolute atomic E-state index is 11.8. The molecule has 6 nitrogen and oxygen atoms in total. The van der Waals surface area contributed by atoms with Gasteiger partial charge in [0.05, 0.1) is 22.5 Å². The molecule has 0 atom stereocenters. The highest BCUT2D eigenvalue weighted by molar-refractivity contribution is 9.08. The van der Waals surface area contributed by atoms with Gasteiger partial charge in [-0.2, -0.15) is 0 Å². The minimum absolute atomic E-state index is 0.317. The summed E-state index contributed by atoms with van der Waals surface area (Å²) in [7, 11) is 0. The minimum atomic E-state index is -0.401. The molecule has 0 unspecified atom stereocenters. The van der Waals surface area contributed by atoms with Gasteiger partial charge in [0.1, 0.15) is 0 Å². The van der Waals surface area contributed by atoms with Crippen LogP contribution < -0.4 is 11.2 Å². The predicted octanol–water partition coefficient (Wildman–Crippen LogP) is 0.454. The van der Waals surface area contributed by atoms with Gasteiger partial charge in [-0.25, -0.2) is 13.4 Å². The number of nitrogens with one attached hydrogen (secondary N) is 1. The fourth-order valence-corrected chi connectivity index (χ4v) is 1.89. The molecule has 15 heavy (non-hydrogen) atoms. The smallest absolute Gasteiger partial charge is 0.339 e. The Balaban J connectivity index is 2.93. The monoisotopic (exact) mass is 272 g/mol. The molecule has 7 heteroatoms. The SMILES string of the molecule is CCCn1c(=O)c2[nH]cnc2n(Br)c1=O. The van der Waals surface area contributed by atoms with Gasteiger partial charge in [-0.3, -0.25) is 9.36 Å². The number of fused-ring (bicyclic) bond motifs is 1. The average Bonchev–Trinajstić information content (AvgIpc) is 2.70. The first-order chi connectivity index (χ1) is 7.16. The van der Waals surface area contributed by atoms with E-state index in [1.54, 1.807) is 0 Å². The molecule has 0 spiro atoms. The van der Waals surface area contributed by atoms with E-state index in [-0.39, 0.29) is 5.56 Å². The number of aromatic amines is 1. The van der Waals surface area contributed by atoms with Crippen LogP contribution in [0.25, 0.3) is 11.2 Å². The van der Waals surface area contributed by atoms with Crippen LogP contribution in [0.3, 0.4) is 0 Å². The zero-order valence-electron chi connectivity index (χ0n) is 8.03. The van der Waals surface area contributed by atoms with E-state index in [1.807, 2.05) is 6.92 Å². The normalized spacial score (nSPS) is 11.1. The van der Waals surface area contributed by atoms with E-state index >= 15 is 0 Å². The van der Waals surface area contributed by atoms with E-state index in [0.717, 1.165) is 6.42 Å². The summed E-state index contributed by atoms with van der Waals surface area (Å²) >= 11 is 3.08. The molecule has 0 bridgehead atoms. The van der Waals surface area contributed by atoms with Crippen LogP contribution in [0.5, 0.6) is 0 Å². The summed E-state index contributed by atoms with van der Waals surface area (Å²) < 4.78 is 2.37. The number of rotatable bonds is 2. The van der Waals surface area contributed by atoms with Crippen LogP contribution in [-0.4, -0.2) is 18.1 Å². The first kappa shape index (κ1) is 10.2. The Morgan fingerprint density at radius 2 is 2.27 bits per heavy atom. The number of aromatic nitrogens is 4. The van der Waals surface area contributed by atoms with Gasteiger partial charge in [-0.05, 0) is 6.42 Å². The van der Waals surface area contributed by atoms with Crippen molar-refractivity contribution in [1.82, 2.24) is 18.1 Å². The average molecular weight is 273 g/mol. The summed E-state index contributed by atoms with van der Waals surface area (Å²) in [6.07, 6.45) is 2.11. The summed E-state index contributed by atoms with van der Waals surface area (Å²) in [6, 6.07) is 0. The molecule has 0 aromatic carbocycles. The van der Waals surface area contributed by atoms with Gasteiger partial charge in [-0.1, -0.05) is 6.92 Å². The van der Waals surface area contributed by atoms with E-state index in [0.29, 0.717) is 17.7 Å². The maximum atomic E-state index is 11.8. The fraction of sp³-hybridized carbons (Fsp3) is 0.375. The van der Waals surface area contributed by atoms with Gasteiger partial charge < -0.3 is 4.98 Å². The number of hydrogen-bond donors (Lipinski definition) is 1. The van der Waals surface area contributed by atoms with Crippen molar-refractivity contribution in [2.75, 3.05) is 0 Å². The number of nitrogens with zero attached hydrogens (tertiary/aromatic N) is 3. The third-order valence-electron chi connectivity index (χ3n) is 2.11. The van der Waals surface area contributed by atoms with Crippen molar-refractivity contribution >= 4 is 27.3 Å². The Labute approximate surface area is 92.9 Å². The molecule has 1 N–H and O–H groups in total. The van der Waals surface area contributed by atoms with E-state index in [9.17, 15) is 9.59 Å². The van der Waals surface area contributed by atoms with Crippen LogP contribution in [0, 0.1) is 0 Å². The molecular formula is C8H9BrN4O2. The number of halogens is 1. The molecule has 0 fully saturated rings. The number of imidazole rings is 1. The van der Waals surface area contributed by atoms with E-state index in [4.69, 9.17) is 0 Å². The molecule has 0 amide bonds. The third kappa shape index (κ3) is 1.43. The molecule has 0 aliphatic rings. The summed E-state index contributed by atoms with van der Waals surface area (Å²) in [6.45, 7) is 2.31. The van der Waals surface area contributed by atoms with Crippen LogP contribution >= 0.6 is 16.1 Å². The van der Waals surface area contributed by atoms with Crippen LogP contribution in [0.2, 0.25) is 0 Å². The van der Waals surface area contributed by atoms with Crippen LogP contribution in [0.15, 0.2) is 15.9 Å². The fourth-order valence-electron chi connectivity index (χ4n) is 1.43. The van der Waals surface area contributed by atoms with Gasteiger partial charge in [-0.15, -0.1) is 0 Å². The topological polar surface area (TPSA) is 72.7 Å². The van der Waals surface area contributed by atoms with Crippen molar-refractivity contribution in [3.63, 3.8) is 0 Å². The summed E-state index contributed by atoms with van der Waals surface area (Å²) in [4.78, 5) is 30.1. The minimum Gasteiger partial charge on any atom is -0.339 e. The molecule has 0 saturated heterocycles. The quantitative estimate of drug-likeness (QED) is 0.863. The molecule has 2 rings (SSSR count). The van der Waals surface area contributed by atoms with Crippen LogP contribution in [-0.2, 0) is 6.54 Å². The summed E-state index contributed by atoms with van der Waals surface area (Å²) in [5.74, 6) is 0. The van der Waals surface area contributed by atoms with Gasteiger partial charge in [0.15, 0.2) is 11.2 Å². The molecule has 2 aromatic heterocycles. The van der Waals surface area contributed by atoms with E-state index in [1.165, 1.54) is 14.5 Å². The lowest BCUT2D eigenvalue weighted by Crippen LogP contribution is -2.37. The Bertz CT molecular complexity index is 609. The van der Waals surface area contributed by atoms with Gasteiger partial charge in [0.25, 0.3) is 5.56 Å². The first-order valence-corrected chi connectivity index (χ1v) is 5.22. The predicted molar refractivity (Wildman–Crippen MR) is 59.2 cm³/mol. The van der Waals surface area contributed by atoms with Crippen molar-refractivity contribution < 1.29 is 0 Å². The highest BCUT2D eigenvalue weighted by atomic mass is 79.9. The highest BCUT2D eigenvalue weighted by Crippen LogP contribution is 2.03. The molecule has 80 valence electrons. The van der Waals surface area contributed by atoms with Gasteiger partial charge in [0, 0.05) is 6.54 Å². The molecule has 0 radical (unpaired) electrons. The maximum Gasteiger partial charge on any atom is 0.343 e. The second-order valence-corrected chi connectivity index (χ2v) is 3.83. The lowest BCUT2D eigenvalue weighted by atomic mass is 10.4. The van der Waals surface area contributed by atoms with Crippen molar-refractivity contribution in [3.8, 4) is 0 Å². The van der Waals surface area contributed by atoms with Crippen LogP contribution in [0.4, 0.5) is 0 Å². The Morgan fingerprint density at radius 1 is 1.53 bits per heavy atom. The Morgan fingerprint density at radius 3 is 2.93 bits per heavy atom. The van der Waals surface area contributed by atoms with Gasteiger partial charge >= 0.3 is 5.69 Å². The number of H-pyrrole nitrogens is 1. The van der Waals surface area contributed by atoms with Gasteiger partial charge in [0.2, 0.25) is 0 Å². The molecular weight excluding hydrogens is 264 g/mol. The van der Waals surface area contributed by atoms with Crippen LogP contribution in [0.1, 0.15) is 13.3 Å². The zero-order chi connectivity index (χ0) is 11.0. The molecule has 0 aliphatic heterocycles. The first-order valence-electron chi connectivity index (χ1n) is 4.52. The largest absolute Gasteiger partial charge is 0.343 e.